The number of nitrogens with one attached hydrogen (secondary N) is 1. The molecule has 28 heavy (non-hydrogen) atoms. The number of aromatic nitrogens is 1. The molecule has 0 bridgehead atoms. The van der Waals surface area contributed by atoms with Crippen LogP contribution in [-0.2, 0) is 4.79 Å². The monoisotopic (exact) mass is 458 g/mol. The summed E-state index contributed by atoms with van der Waals surface area (Å²) in [5, 5.41) is 3.44. The van der Waals surface area contributed by atoms with Crippen molar-refractivity contribution in [3.8, 4) is 17.0 Å². The van der Waals surface area contributed by atoms with E-state index in [9.17, 15) is 4.79 Å². The van der Waals surface area contributed by atoms with Crippen LogP contribution >= 0.6 is 27.3 Å². The largest absolute Gasteiger partial charge is 0.483 e. The van der Waals surface area contributed by atoms with Gasteiger partial charge >= 0.3 is 0 Å². The van der Waals surface area contributed by atoms with Gasteiger partial charge in [0.2, 0.25) is 0 Å². The zero-order valence-electron chi connectivity index (χ0n) is 16.4. The highest BCUT2D eigenvalue weighted by Crippen LogP contribution is 2.33. The molecule has 146 valence electrons. The van der Waals surface area contributed by atoms with Crippen LogP contribution in [0.25, 0.3) is 11.3 Å². The molecule has 0 saturated heterocycles. The van der Waals surface area contributed by atoms with Crippen molar-refractivity contribution in [3.05, 3.63) is 62.9 Å². The first-order valence-corrected chi connectivity index (χ1v) is 10.7. The molecule has 0 aliphatic carbocycles. The van der Waals surface area contributed by atoms with Crippen molar-refractivity contribution in [1.29, 1.82) is 0 Å². The molecule has 1 heterocycles. The average Bonchev–Trinajstić information content (AvgIpc) is 3.03. The van der Waals surface area contributed by atoms with Gasteiger partial charge in [0, 0.05) is 14.9 Å². The molecule has 0 aliphatic rings. The number of hydrogen-bond acceptors (Lipinski definition) is 4. The molecule has 0 radical (unpaired) electrons. The van der Waals surface area contributed by atoms with Crippen molar-refractivity contribution >= 4 is 38.3 Å². The molecular weight excluding hydrogens is 436 g/mol. The molecule has 1 N–H and O–H groups in total. The van der Waals surface area contributed by atoms with Crippen LogP contribution < -0.4 is 10.1 Å². The van der Waals surface area contributed by atoms with Gasteiger partial charge in [-0.2, -0.15) is 0 Å². The van der Waals surface area contributed by atoms with Gasteiger partial charge in [0.1, 0.15) is 5.75 Å². The molecule has 0 atom stereocenters. The summed E-state index contributed by atoms with van der Waals surface area (Å²) in [5.41, 5.74) is 4.08. The van der Waals surface area contributed by atoms with E-state index in [1.807, 2.05) is 50.2 Å². The van der Waals surface area contributed by atoms with Crippen molar-refractivity contribution in [3.63, 3.8) is 0 Å². The molecule has 0 unspecified atom stereocenters. The normalized spacial score (nSPS) is 10.9. The van der Waals surface area contributed by atoms with Crippen LogP contribution in [-0.4, -0.2) is 17.5 Å². The summed E-state index contributed by atoms with van der Waals surface area (Å²) < 4.78 is 6.88. The molecule has 4 nitrogen and oxygen atoms in total. The lowest BCUT2D eigenvalue weighted by Gasteiger charge is -2.15. The van der Waals surface area contributed by atoms with Gasteiger partial charge in [-0.25, -0.2) is 4.98 Å². The maximum atomic E-state index is 12.4. The quantitative estimate of drug-likeness (QED) is 0.469. The van der Waals surface area contributed by atoms with Crippen LogP contribution in [0, 0.1) is 13.8 Å². The zero-order valence-corrected chi connectivity index (χ0v) is 18.8. The van der Waals surface area contributed by atoms with E-state index in [2.05, 4.69) is 46.1 Å². The van der Waals surface area contributed by atoms with E-state index in [1.54, 1.807) is 0 Å². The number of thiazole rings is 1. The second kappa shape index (κ2) is 8.88. The first kappa shape index (κ1) is 20.6. The highest BCUT2D eigenvalue weighted by atomic mass is 79.9. The molecule has 1 aromatic heterocycles. The van der Waals surface area contributed by atoms with Gasteiger partial charge in [-0.15, -0.1) is 11.3 Å². The van der Waals surface area contributed by atoms with Crippen molar-refractivity contribution in [2.24, 2.45) is 0 Å². The predicted octanol–water partition coefficient (Wildman–Crippen LogP) is 6.33. The van der Waals surface area contributed by atoms with Crippen LogP contribution in [0.2, 0.25) is 0 Å². The number of ether oxygens (including phenoxy) is 1. The molecule has 0 saturated carbocycles. The Kier molecular flexibility index (Phi) is 6.52. The number of halogens is 1. The minimum Gasteiger partial charge on any atom is -0.483 e. The van der Waals surface area contributed by atoms with Gasteiger partial charge in [0.15, 0.2) is 11.7 Å². The van der Waals surface area contributed by atoms with Crippen molar-refractivity contribution in [1.82, 2.24) is 4.98 Å². The number of carbonyl (C=O) groups is 1. The summed E-state index contributed by atoms with van der Waals surface area (Å²) >= 11 is 5.03. The molecule has 0 aliphatic heterocycles. The smallest absolute Gasteiger partial charge is 0.264 e. The third-order valence-corrected chi connectivity index (χ3v) is 6.10. The summed E-state index contributed by atoms with van der Waals surface area (Å²) in [5.74, 6) is 0.819. The maximum Gasteiger partial charge on any atom is 0.264 e. The van der Waals surface area contributed by atoms with Gasteiger partial charge < -0.3 is 4.74 Å². The molecule has 1 amide bonds. The lowest BCUT2D eigenvalue weighted by molar-refractivity contribution is -0.118. The highest BCUT2D eigenvalue weighted by molar-refractivity contribution is 9.10. The van der Waals surface area contributed by atoms with Crippen LogP contribution in [0.3, 0.4) is 0 Å². The van der Waals surface area contributed by atoms with Crippen molar-refractivity contribution in [2.45, 2.75) is 33.6 Å². The molecule has 6 heteroatoms. The first-order chi connectivity index (χ1) is 13.3. The summed E-state index contributed by atoms with van der Waals surface area (Å²) in [6.45, 7) is 8.16. The Balaban J connectivity index is 1.68. The predicted molar refractivity (Wildman–Crippen MR) is 119 cm³/mol. The minimum absolute atomic E-state index is 0.0555. The molecule has 2 aromatic carbocycles. The van der Waals surface area contributed by atoms with Crippen LogP contribution in [0.1, 0.15) is 35.8 Å². The van der Waals surface area contributed by atoms with Crippen molar-refractivity contribution < 1.29 is 9.53 Å². The summed E-state index contributed by atoms with van der Waals surface area (Å²) in [6.07, 6.45) is 0. The van der Waals surface area contributed by atoms with Gasteiger partial charge in [-0.3, -0.25) is 10.1 Å². The Labute approximate surface area is 178 Å². The first-order valence-electron chi connectivity index (χ1n) is 9.10. The number of hydrogen-bond donors (Lipinski definition) is 1. The maximum absolute atomic E-state index is 12.4. The standard InChI is InChI=1S/C22H23BrN2O2S/c1-13(2)17-11-18(23)14(3)10-19(17)27-12-20(26)24-22-25-21(15(4)28-22)16-8-6-5-7-9-16/h5-11,13H,12H2,1-4H3,(H,24,25,26). The number of nitrogens with zero attached hydrogens (tertiary/aromatic N) is 1. The van der Waals surface area contributed by atoms with Gasteiger partial charge in [0.25, 0.3) is 5.91 Å². The van der Waals surface area contributed by atoms with E-state index in [1.165, 1.54) is 11.3 Å². The van der Waals surface area contributed by atoms with Gasteiger partial charge in [-0.05, 0) is 43.0 Å². The highest BCUT2D eigenvalue weighted by Gasteiger charge is 2.15. The average molecular weight is 459 g/mol. The van der Waals surface area contributed by atoms with E-state index < -0.39 is 0 Å². The Morgan fingerprint density at radius 3 is 2.61 bits per heavy atom. The van der Waals surface area contributed by atoms with Crippen LogP contribution in [0.15, 0.2) is 46.9 Å². The number of amides is 1. The fourth-order valence-electron chi connectivity index (χ4n) is 2.86. The summed E-state index contributed by atoms with van der Waals surface area (Å²) in [4.78, 5) is 18.0. The Bertz CT molecular complexity index is 984. The third kappa shape index (κ3) is 4.80. The topological polar surface area (TPSA) is 51.2 Å². The molecule has 3 rings (SSSR count). The van der Waals surface area contributed by atoms with E-state index in [-0.39, 0.29) is 12.5 Å². The number of rotatable bonds is 6. The molecular formula is C22H23BrN2O2S. The van der Waals surface area contributed by atoms with E-state index in [0.717, 1.165) is 37.5 Å². The Morgan fingerprint density at radius 2 is 1.93 bits per heavy atom. The Morgan fingerprint density at radius 1 is 1.21 bits per heavy atom. The zero-order chi connectivity index (χ0) is 20.3. The fraction of sp³-hybridized carbons (Fsp3) is 0.273. The lowest BCUT2D eigenvalue weighted by Crippen LogP contribution is -2.20. The minimum atomic E-state index is -0.219. The van der Waals surface area contributed by atoms with Crippen molar-refractivity contribution in [2.75, 3.05) is 11.9 Å². The molecule has 0 fully saturated rings. The Hall–Kier alpha value is -2.18. The second-order valence-corrected chi connectivity index (χ2v) is 8.98. The van der Waals surface area contributed by atoms with E-state index in [4.69, 9.17) is 4.74 Å². The van der Waals surface area contributed by atoms with Gasteiger partial charge in [-0.1, -0.05) is 60.1 Å². The number of benzene rings is 2. The summed E-state index contributed by atoms with van der Waals surface area (Å²) in [7, 11) is 0. The van der Waals surface area contributed by atoms with E-state index >= 15 is 0 Å². The van der Waals surface area contributed by atoms with Crippen LogP contribution in [0.4, 0.5) is 5.13 Å². The fourth-order valence-corrected chi connectivity index (χ4v) is 4.07. The number of anilines is 1. The van der Waals surface area contributed by atoms with Gasteiger partial charge in [0.05, 0.1) is 5.69 Å². The third-order valence-electron chi connectivity index (χ3n) is 4.36. The summed E-state index contributed by atoms with van der Waals surface area (Å²) in [6, 6.07) is 14.0. The lowest BCUT2D eigenvalue weighted by atomic mass is 10.0. The second-order valence-electron chi connectivity index (χ2n) is 6.92. The number of carbonyl (C=O) groups excluding carboxylic acids is 1. The number of aryl methyl sites for hydroxylation is 2. The van der Waals surface area contributed by atoms with Crippen LogP contribution in [0.5, 0.6) is 5.75 Å². The SMILES string of the molecule is Cc1cc(OCC(=O)Nc2nc(-c3ccccc3)c(C)s2)c(C(C)C)cc1Br. The molecule has 3 aromatic rings. The molecule has 0 spiro atoms. The van der Waals surface area contributed by atoms with E-state index in [0.29, 0.717) is 11.0 Å².